The van der Waals surface area contributed by atoms with Crippen molar-refractivity contribution in [1.82, 2.24) is 0 Å². The normalized spacial score (nSPS) is 10.9. The van der Waals surface area contributed by atoms with E-state index in [0.717, 1.165) is 5.56 Å². The summed E-state index contributed by atoms with van der Waals surface area (Å²) in [6.07, 6.45) is 0. The van der Waals surface area contributed by atoms with Gasteiger partial charge in [0.2, 0.25) is 10.0 Å². The van der Waals surface area contributed by atoms with Crippen LogP contribution in [0.1, 0.15) is 11.1 Å². The van der Waals surface area contributed by atoms with Gasteiger partial charge in [0.05, 0.1) is 27.2 Å². The van der Waals surface area contributed by atoms with Crippen LogP contribution < -0.4 is 10.5 Å². The van der Waals surface area contributed by atoms with Crippen LogP contribution in [0.3, 0.4) is 0 Å². The number of benzene rings is 2. The zero-order valence-corrected chi connectivity index (χ0v) is 12.4. The average Bonchev–Trinajstić information content (AvgIpc) is 2.45. The van der Waals surface area contributed by atoms with Crippen molar-refractivity contribution in [1.29, 1.82) is 5.26 Å². The van der Waals surface area contributed by atoms with Crippen LogP contribution in [0.2, 0.25) is 5.02 Å². The van der Waals surface area contributed by atoms with E-state index in [9.17, 15) is 8.42 Å². The molecule has 7 heteroatoms. The van der Waals surface area contributed by atoms with Crippen molar-refractivity contribution >= 4 is 27.3 Å². The van der Waals surface area contributed by atoms with Crippen LogP contribution in [-0.4, -0.2) is 8.42 Å². The number of nitrogens with two attached hydrogens (primary N) is 1. The second-order valence-electron chi connectivity index (χ2n) is 4.31. The number of anilines is 1. The van der Waals surface area contributed by atoms with Crippen molar-refractivity contribution in [2.24, 2.45) is 5.14 Å². The van der Waals surface area contributed by atoms with E-state index in [-0.39, 0.29) is 4.90 Å². The Morgan fingerprint density at radius 2 is 1.95 bits per heavy atom. The van der Waals surface area contributed by atoms with E-state index < -0.39 is 10.0 Å². The number of rotatable bonds is 4. The van der Waals surface area contributed by atoms with Gasteiger partial charge in [-0.25, -0.2) is 13.6 Å². The Hall–Kier alpha value is -2.07. The van der Waals surface area contributed by atoms with E-state index in [2.05, 4.69) is 11.4 Å². The fourth-order valence-electron chi connectivity index (χ4n) is 1.79. The third-order valence-electron chi connectivity index (χ3n) is 2.87. The highest BCUT2D eigenvalue weighted by Gasteiger charge is 2.11. The fraction of sp³-hybridized carbons (Fsp3) is 0.0714. The number of hydrogen-bond acceptors (Lipinski definition) is 4. The van der Waals surface area contributed by atoms with Gasteiger partial charge in [0.15, 0.2) is 0 Å². The van der Waals surface area contributed by atoms with Crippen LogP contribution in [-0.2, 0) is 16.6 Å². The lowest BCUT2D eigenvalue weighted by Crippen LogP contribution is -2.12. The summed E-state index contributed by atoms with van der Waals surface area (Å²) in [6, 6.07) is 13.4. The first-order chi connectivity index (χ1) is 9.91. The Morgan fingerprint density at radius 3 is 2.62 bits per heavy atom. The molecule has 0 spiro atoms. The van der Waals surface area contributed by atoms with Gasteiger partial charge in [0, 0.05) is 6.54 Å². The van der Waals surface area contributed by atoms with E-state index in [1.807, 2.05) is 12.1 Å². The highest BCUT2D eigenvalue weighted by atomic mass is 35.5. The van der Waals surface area contributed by atoms with Gasteiger partial charge in [-0.2, -0.15) is 5.26 Å². The number of primary sulfonamides is 1. The lowest BCUT2D eigenvalue weighted by Gasteiger charge is -2.10. The molecule has 0 bridgehead atoms. The van der Waals surface area contributed by atoms with Gasteiger partial charge >= 0.3 is 0 Å². The number of nitrogens with one attached hydrogen (secondary N) is 1. The minimum absolute atomic E-state index is 0.0250. The number of nitriles is 1. The van der Waals surface area contributed by atoms with E-state index in [1.165, 1.54) is 18.2 Å². The second kappa shape index (κ2) is 6.14. The second-order valence-corrected chi connectivity index (χ2v) is 6.28. The molecule has 2 rings (SSSR count). The molecule has 0 radical (unpaired) electrons. The van der Waals surface area contributed by atoms with Crippen LogP contribution in [0, 0.1) is 11.3 Å². The Kier molecular flexibility index (Phi) is 4.48. The van der Waals surface area contributed by atoms with Gasteiger partial charge in [-0.15, -0.1) is 0 Å². The maximum Gasteiger partial charge on any atom is 0.238 e. The monoisotopic (exact) mass is 321 g/mol. The van der Waals surface area contributed by atoms with Gasteiger partial charge < -0.3 is 5.32 Å². The molecule has 21 heavy (non-hydrogen) atoms. The Bertz CT molecular complexity index is 813. The zero-order valence-electron chi connectivity index (χ0n) is 10.9. The molecule has 2 aromatic rings. The van der Waals surface area contributed by atoms with Crippen molar-refractivity contribution in [3.8, 4) is 6.07 Å². The van der Waals surface area contributed by atoms with Gasteiger partial charge in [-0.3, -0.25) is 0 Å². The molecule has 3 N–H and O–H groups in total. The lowest BCUT2D eigenvalue weighted by molar-refractivity contribution is 0.598. The quantitative estimate of drug-likeness (QED) is 0.904. The number of nitrogens with zero attached hydrogens (tertiary/aromatic N) is 1. The first kappa shape index (κ1) is 15.3. The highest BCUT2D eigenvalue weighted by molar-refractivity contribution is 7.89. The molecule has 0 aromatic heterocycles. The molecule has 2 aromatic carbocycles. The molecule has 0 saturated carbocycles. The summed E-state index contributed by atoms with van der Waals surface area (Å²) in [5, 5.41) is 17.5. The molecule has 0 aliphatic carbocycles. The van der Waals surface area contributed by atoms with E-state index in [1.54, 1.807) is 12.1 Å². The Morgan fingerprint density at radius 1 is 1.24 bits per heavy atom. The smallest absolute Gasteiger partial charge is 0.238 e. The van der Waals surface area contributed by atoms with Crippen molar-refractivity contribution in [3.05, 3.63) is 58.6 Å². The predicted octanol–water partition coefficient (Wildman–Crippen LogP) is 2.47. The highest BCUT2D eigenvalue weighted by Crippen LogP contribution is 2.25. The zero-order chi connectivity index (χ0) is 15.5. The van der Waals surface area contributed by atoms with E-state index in [4.69, 9.17) is 22.0 Å². The van der Waals surface area contributed by atoms with Gasteiger partial charge in [-0.1, -0.05) is 29.8 Å². The van der Waals surface area contributed by atoms with Crippen molar-refractivity contribution in [2.45, 2.75) is 11.4 Å². The number of halogens is 1. The van der Waals surface area contributed by atoms with Crippen molar-refractivity contribution in [3.63, 3.8) is 0 Å². The van der Waals surface area contributed by atoms with E-state index >= 15 is 0 Å². The molecule has 5 nitrogen and oxygen atoms in total. The average molecular weight is 322 g/mol. The minimum Gasteiger partial charge on any atom is -0.380 e. The first-order valence-corrected chi connectivity index (χ1v) is 7.88. The summed E-state index contributed by atoms with van der Waals surface area (Å²) in [6.45, 7) is 0.345. The summed E-state index contributed by atoms with van der Waals surface area (Å²) in [5.74, 6) is 0. The molecule has 0 saturated heterocycles. The Labute approximate surface area is 128 Å². The summed E-state index contributed by atoms with van der Waals surface area (Å²) >= 11 is 6.02. The van der Waals surface area contributed by atoms with Crippen LogP contribution in [0.4, 0.5) is 5.69 Å². The van der Waals surface area contributed by atoms with E-state index in [0.29, 0.717) is 22.8 Å². The number of sulfonamides is 1. The molecular formula is C14H12ClN3O2S. The summed E-state index contributed by atoms with van der Waals surface area (Å²) < 4.78 is 22.7. The molecule has 0 aliphatic rings. The van der Waals surface area contributed by atoms with Gasteiger partial charge in [0.1, 0.15) is 0 Å². The third-order valence-corrected chi connectivity index (χ3v) is 4.11. The molecule has 0 aliphatic heterocycles. The van der Waals surface area contributed by atoms with Crippen LogP contribution in [0.25, 0.3) is 0 Å². The van der Waals surface area contributed by atoms with Gasteiger partial charge in [-0.05, 0) is 29.8 Å². The van der Waals surface area contributed by atoms with Crippen LogP contribution >= 0.6 is 11.6 Å². The molecule has 0 atom stereocenters. The standard InChI is InChI=1S/C14H12ClN3O2S/c15-13-6-5-12(21(17,19)20)7-14(13)18-9-11-4-2-1-3-10(11)8-16/h1-7,18H,9H2,(H2,17,19,20). The van der Waals surface area contributed by atoms with Crippen molar-refractivity contribution < 1.29 is 8.42 Å². The summed E-state index contributed by atoms with van der Waals surface area (Å²) in [4.78, 5) is -0.0250. The van der Waals surface area contributed by atoms with Crippen molar-refractivity contribution in [2.75, 3.05) is 5.32 Å². The van der Waals surface area contributed by atoms with Crippen LogP contribution in [0.5, 0.6) is 0 Å². The molecule has 0 unspecified atom stereocenters. The topological polar surface area (TPSA) is 96.0 Å². The summed E-state index contributed by atoms with van der Waals surface area (Å²) in [7, 11) is -3.79. The molecule has 0 heterocycles. The van der Waals surface area contributed by atoms with Crippen LogP contribution in [0.15, 0.2) is 47.4 Å². The third kappa shape index (κ3) is 3.73. The molecule has 108 valence electrons. The summed E-state index contributed by atoms with van der Waals surface area (Å²) in [5.41, 5.74) is 1.77. The largest absolute Gasteiger partial charge is 0.380 e. The predicted molar refractivity (Wildman–Crippen MR) is 81.3 cm³/mol. The molecule has 0 amide bonds. The number of hydrogen-bond donors (Lipinski definition) is 2. The molecule has 0 fully saturated rings. The molecular weight excluding hydrogens is 310 g/mol. The maximum atomic E-state index is 11.3. The minimum atomic E-state index is -3.79. The maximum absolute atomic E-state index is 11.3. The lowest BCUT2D eigenvalue weighted by atomic mass is 10.1. The fourth-order valence-corrected chi connectivity index (χ4v) is 2.52. The van der Waals surface area contributed by atoms with Gasteiger partial charge in [0.25, 0.3) is 0 Å². The Balaban J connectivity index is 2.26. The first-order valence-electron chi connectivity index (χ1n) is 5.96. The SMILES string of the molecule is N#Cc1ccccc1CNc1cc(S(N)(=O)=O)ccc1Cl.